The van der Waals surface area contributed by atoms with Crippen molar-refractivity contribution < 1.29 is 4.79 Å². The van der Waals surface area contributed by atoms with Gasteiger partial charge in [-0.15, -0.1) is 23.5 Å². The highest BCUT2D eigenvalue weighted by Crippen LogP contribution is 2.34. The Balaban J connectivity index is 0.00000121. The Bertz CT molecular complexity index is 152. The van der Waals surface area contributed by atoms with E-state index in [1.165, 1.54) is 29.3 Å². The SMILES string of the molecule is C.C=CC(=O)SCC1SCCS1. The monoisotopic (exact) mass is 222 g/mol. The van der Waals surface area contributed by atoms with Gasteiger partial charge in [-0.05, 0) is 6.08 Å². The van der Waals surface area contributed by atoms with E-state index < -0.39 is 0 Å². The van der Waals surface area contributed by atoms with Crippen LogP contribution < -0.4 is 0 Å². The number of rotatable bonds is 3. The molecule has 0 spiro atoms. The van der Waals surface area contributed by atoms with Gasteiger partial charge >= 0.3 is 0 Å². The van der Waals surface area contributed by atoms with Crippen molar-refractivity contribution in [1.29, 1.82) is 0 Å². The molecule has 1 saturated heterocycles. The maximum absolute atomic E-state index is 10.8. The van der Waals surface area contributed by atoms with E-state index >= 15 is 0 Å². The molecule has 0 saturated carbocycles. The smallest absolute Gasteiger partial charge is 0.211 e. The van der Waals surface area contributed by atoms with Crippen LogP contribution in [0.25, 0.3) is 0 Å². The third-order valence-electron chi connectivity index (χ3n) is 1.22. The molecule has 1 aliphatic heterocycles. The molecule has 0 unspecified atom stereocenters. The summed E-state index contributed by atoms with van der Waals surface area (Å²) < 4.78 is 0.629. The molecule has 1 heterocycles. The summed E-state index contributed by atoms with van der Waals surface area (Å²) in [6.45, 7) is 3.42. The first-order valence-corrected chi connectivity index (χ1v) is 6.43. The average Bonchev–Trinajstić information content (AvgIpc) is 2.52. The standard InChI is InChI=1S/C7H10OS3.CH4/c1-2-6(8)11-5-7-9-3-4-10-7;/h2,7H,1,3-5H2;1H4. The van der Waals surface area contributed by atoms with Gasteiger partial charge in [0.1, 0.15) is 0 Å². The second kappa shape index (κ2) is 6.92. The van der Waals surface area contributed by atoms with Crippen molar-refractivity contribution >= 4 is 40.4 Å². The molecule has 0 bridgehead atoms. The Kier molecular flexibility index (Phi) is 7.19. The molecule has 4 heteroatoms. The summed E-state index contributed by atoms with van der Waals surface area (Å²) in [4.78, 5) is 10.8. The van der Waals surface area contributed by atoms with Crippen LogP contribution in [0.3, 0.4) is 0 Å². The van der Waals surface area contributed by atoms with E-state index in [1.54, 1.807) is 0 Å². The van der Waals surface area contributed by atoms with Crippen molar-refractivity contribution in [3.05, 3.63) is 12.7 Å². The molecule has 1 nitrogen and oxygen atoms in total. The Morgan fingerprint density at radius 1 is 1.58 bits per heavy atom. The first kappa shape index (κ1) is 12.5. The minimum atomic E-state index is 0. The summed E-state index contributed by atoms with van der Waals surface area (Å²) in [6.07, 6.45) is 1.38. The molecule has 0 aromatic heterocycles. The molecule has 0 aromatic carbocycles. The molecule has 0 aromatic rings. The van der Waals surface area contributed by atoms with Gasteiger partial charge in [-0.2, -0.15) is 0 Å². The van der Waals surface area contributed by atoms with Crippen molar-refractivity contribution in [3.63, 3.8) is 0 Å². The zero-order chi connectivity index (χ0) is 8.10. The van der Waals surface area contributed by atoms with E-state index in [0.717, 1.165) is 5.75 Å². The summed E-state index contributed by atoms with van der Waals surface area (Å²) >= 11 is 5.28. The molecular weight excluding hydrogens is 208 g/mol. The van der Waals surface area contributed by atoms with Crippen LogP contribution in [0, 0.1) is 0 Å². The van der Waals surface area contributed by atoms with Crippen molar-refractivity contribution in [2.45, 2.75) is 12.0 Å². The summed E-state index contributed by atoms with van der Waals surface area (Å²) in [7, 11) is 0. The lowest BCUT2D eigenvalue weighted by Crippen LogP contribution is -1.98. The van der Waals surface area contributed by atoms with Crippen LogP contribution in [0.5, 0.6) is 0 Å². The van der Waals surface area contributed by atoms with Gasteiger partial charge in [0.25, 0.3) is 0 Å². The molecule has 0 N–H and O–H groups in total. The van der Waals surface area contributed by atoms with Crippen molar-refractivity contribution in [2.75, 3.05) is 17.3 Å². The van der Waals surface area contributed by atoms with Crippen LogP contribution in [0.15, 0.2) is 12.7 Å². The first-order valence-electron chi connectivity index (χ1n) is 3.35. The van der Waals surface area contributed by atoms with Crippen LogP contribution in [0.2, 0.25) is 0 Å². The van der Waals surface area contributed by atoms with Crippen LogP contribution in [-0.2, 0) is 4.79 Å². The third kappa shape index (κ3) is 4.48. The van der Waals surface area contributed by atoms with Crippen molar-refractivity contribution in [3.8, 4) is 0 Å². The first-order chi connectivity index (χ1) is 5.33. The normalized spacial score (nSPS) is 17.0. The summed E-state index contributed by atoms with van der Waals surface area (Å²) in [5, 5.41) is 0.0955. The van der Waals surface area contributed by atoms with Gasteiger partial charge in [-0.1, -0.05) is 25.8 Å². The summed E-state index contributed by atoms with van der Waals surface area (Å²) in [6, 6.07) is 0. The highest BCUT2D eigenvalue weighted by Gasteiger charge is 2.16. The average molecular weight is 222 g/mol. The Morgan fingerprint density at radius 2 is 2.17 bits per heavy atom. The highest BCUT2D eigenvalue weighted by molar-refractivity contribution is 8.22. The third-order valence-corrected chi connectivity index (χ3v) is 5.62. The fraction of sp³-hybridized carbons (Fsp3) is 0.625. The van der Waals surface area contributed by atoms with Crippen LogP contribution >= 0.6 is 35.3 Å². The topological polar surface area (TPSA) is 17.1 Å². The Morgan fingerprint density at radius 3 is 2.67 bits per heavy atom. The van der Waals surface area contributed by atoms with Crippen molar-refractivity contribution in [1.82, 2.24) is 0 Å². The summed E-state index contributed by atoms with van der Waals surface area (Å²) in [5.41, 5.74) is 0. The maximum atomic E-state index is 10.8. The van der Waals surface area contributed by atoms with Crippen LogP contribution in [-0.4, -0.2) is 27.0 Å². The van der Waals surface area contributed by atoms with E-state index in [9.17, 15) is 4.79 Å². The second-order valence-electron chi connectivity index (χ2n) is 2.01. The number of hydrogen-bond acceptors (Lipinski definition) is 4. The van der Waals surface area contributed by atoms with E-state index in [2.05, 4.69) is 6.58 Å². The molecule has 12 heavy (non-hydrogen) atoms. The van der Waals surface area contributed by atoms with E-state index in [0.29, 0.717) is 4.58 Å². The molecule has 0 aliphatic carbocycles. The molecule has 0 amide bonds. The van der Waals surface area contributed by atoms with Crippen LogP contribution in [0.1, 0.15) is 7.43 Å². The van der Waals surface area contributed by atoms with E-state index in [1.807, 2.05) is 23.5 Å². The van der Waals surface area contributed by atoms with E-state index in [-0.39, 0.29) is 12.5 Å². The predicted octanol–water partition coefficient (Wildman–Crippen LogP) is 2.87. The highest BCUT2D eigenvalue weighted by atomic mass is 32.2. The minimum absolute atomic E-state index is 0. The molecule has 1 fully saturated rings. The van der Waals surface area contributed by atoms with Crippen LogP contribution in [0.4, 0.5) is 0 Å². The lowest BCUT2D eigenvalue weighted by Gasteiger charge is -2.03. The van der Waals surface area contributed by atoms with E-state index in [4.69, 9.17) is 0 Å². The van der Waals surface area contributed by atoms with Crippen molar-refractivity contribution in [2.24, 2.45) is 0 Å². The fourth-order valence-corrected chi connectivity index (χ4v) is 4.57. The summed E-state index contributed by atoms with van der Waals surface area (Å²) in [5.74, 6) is 3.40. The number of thioether (sulfide) groups is 3. The van der Waals surface area contributed by atoms with Gasteiger partial charge in [-0.3, -0.25) is 4.79 Å². The largest absolute Gasteiger partial charge is 0.282 e. The molecule has 70 valence electrons. The fourth-order valence-electron chi connectivity index (χ4n) is 0.713. The zero-order valence-electron chi connectivity index (χ0n) is 6.12. The molecule has 1 aliphatic rings. The molecule has 0 atom stereocenters. The lowest BCUT2D eigenvalue weighted by atomic mass is 10.7. The zero-order valence-corrected chi connectivity index (χ0v) is 8.57. The minimum Gasteiger partial charge on any atom is -0.282 e. The van der Waals surface area contributed by atoms with Gasteiger partial charge in [-0.25, -0.2) is 0 Å². The van der Waals surface area contributed by atoms with Gasteiger partial charge < -0.3 is 0 Å². The Labute approximate surface area is 87.1 Å². The Hall–Kier alpha value is 0.460. The molecule has 0 radical (unpaired) electrons. The predicted molar refractivity (Wildman–Crippen MR) is 63.1 cm³/mol. The van der Waals surface area contributed by atoms with Gasteiger partial charge in [0, 0.05) is 17.3 Å². The maximum Gasteiger partial charge on any atom is 0.211 e. The number of hydrogen-bond donors (Lipinski definition) is 0. The number of carbonyl (C=O) groups excluding carboxylic acids is 1. The van der Waals surface area contributed by atoms with Gasteiger partial charge in [0.2, 0.25) is 5.12 Å². The number of carbonyl (C=O) groups is 1. The molecular formula is C8H14OS3. The lowest BCUT2D eigenvalue weighted by molar-refractivity contribution is -0.107. The van der Waals surface area contributed by atoms with Gasteiger partial charge in [0.05, 0.1) is 4.58 Å². The molecule has 1 rings (SSSR count). The second-order valence-corrected chi connectivity index (χ2v) is 5.95. The quantitative estimate of drug-likeness (QED) is 0.683. The van der Waals surface area contributed by atoms with Gasteiger partial charge in [0.15, 0.2) is 0 Å².